The normalized spacial score (nSPS) is 21.5. The van der Waals surface area contributed by atoms with Gasteiger partial charge < -0.3 is 16.0 Å². The summed E-state index contributed by atoms with van der Waals surface area (Å²) in [7, 11) is 1.85. The zero-order valence-corrected chi connectivity index (χ0v) is 23.5. The zero-order chi connectivity index (χ0) is 26.3. The highest BCUT2D eigenvalue weighted by Crippen LogP contribution is 2.36. The molecule has 1 aliphatic carbocycles. The summed E-state index contributed by atoms with van der Waals surface area (Å²) in [6.45, 7) is 15.7. The lowest BCUT2D eigenvalue weighted by atomic mass is 9.74. The first kappa shape index (κ1) is 28.1. The molecule has 4 nitrogen and oxygen atoms in total. The van der Waals surface area contributed by atoms with Gasteiger partial charge in [-0.05, 0) is 89.8 Å². The summed E-state index contributed by atoms with van der Waals surface area (Å²) in [5, 5.41) is 15.3. The molecule has 2 fully saturated rings. The van der Waals surface area contributed by atoms with Crippen molar-refractivity contribution >= 4 is 17.5 Å². The largest absolute Gasteiger partial charge is 0.388 e. The standard InChI is InChI=1S/C32H48N4/c1-23(17-25-19-31(3,4)36-32(5,6)20-25)13-16-30(34-7)29-15-14-26(18-24(29)2)27(21-33)22-35-28-11-9-8-10-12-28/h13-16,18,21-22,25,28,33,35-36H,1,8-12,17,19-20H2,2-7H3/b16-13-,27-22+,33-21?,34-30+. The first-order chi connectivity index (χ1) is 17.0. The van der Waals surface area contributed by atoms with Crippen molar-refractivity contribution in [1.82, 2.24) is 10.6 Å². The fourth-order valence-electron chi connectivity index (χ4n) is 6.41. The summed E-state index contributed by atoms with van der Waals surface area (Å²) in [6, 6.07) is 6.94. The highest BCUT2D eigenvalue weighted by atomic mass is 15.0. The number of rotatable bonds is 9. The van der Waals surface area contributed by atoms with Crippen molar-refractivity contribution in [2.45, 2.75) is 103 Å². The van der Waals surface area contributed by atoms with Crippen molar-refractivity contribution in [3.63, 3.8) is 0 Å². The van der Waals surface area contributed by atoms with Gasteiger partial charge in [-0.15, -0.1) is 0 Å². The fourth-order valence-corrected chi connectivity index (χ4v) is 6.41. The van der Waals surface area contributed by atoms with E-state index in [4.69, 9.17) is 5.41 Å². The lowest BCUT2D eigenvalue weighted by Crippen LogP contribution is -2.57. The molecule has 0 bridgehead atoms. The molecule has 0 radical (unpaired) electrons. The number of benzene rings is 1. The number of allylic oxidation sites excluding steroid dienone is 4. The lowest BCUT2D eigenvalue weighted by molar-refractivity contribution is 0.129. The third kappa shape index (κ3) is 8.03. The minimum Gasteiger partial charge on any atom is -0.388 e. The molecule has 3 rings (SSSR count). The fraction of sp³-hybridized carbons (Fsp3) is 0.562. The number of nitrogens with one attached hydrogen (secondary N) is 3. The molecule has 1 saturated carbocycles. The van der Waals surface area contributed by atoms with Crippen molar-refractivity contribution in [2.75, 3.05) is 7.05 Å². The summed E-state index contributed by atoms with van der Waals surface area (Å²) < 4.78 is 0. The van der Waals surface area contributed by atoms with Gasteiger partial charge in [-0.1, -0.05) is 55.7 Å². The van der Waals surface area contributed by atoms with Crippen LogP contribution in [-0.4, -0.2) is 36.1 Å². The third-order valence-corrected chi connectivity index (χ3v) is 7.61. The average Bonchev–Trinajstić information content (AvgIpc) is 2.79. The van der Waals surface area contributed by atoms with E-state index in [1.165, 1.54) is 38.3 Å². The smallest absolute Gasteiger partial charge is 0.0645 e. The van der Waals surface area contributed by atoms with Crippen LogP contribution in [-0.2, 0) is 0 Å². The molecule has 0 atom stereocenters. The van der Waals surface area contributed by atoms with Crippen LogP contribution in [0.5, 0.6) is 0 Å². The van der Waals surface area contributed by atoms with E-state index in [9.17, 15) is 0 Å². The topological polar surface area (TPSA) is 60.3 Å². The van der Waals surface area contributed by atoms with E-state index in [1.54, 1.807) is 0 Å². The number of aliphatic imine (C=N–C) groups is 1. The monoisotopic (exact) mass is 488 g/mol. The van der Waals surface area contributed by atoms with Crippen LogP contribution in [0.2, 0.25) is 0 Å². The average molecular weight is 489 g/mol. The lowest BCUT2D eigenvalue weighted by Gasteiger charge is -2.46. The summed E-state index contributed by atoms with van der Waals surface area (Å²) in [4.78, 5) is 4.58. The van der Waals surface area contributed by atoms with E-state index in [0.29, 0.717) is 12.0 Å². The highest BCUT2D eigenvalue weighted by molar-refractivity contribution is 6.11. The number of piperidine rings is 1. The molecule has 1 aromatic carbocycles. The molecule has 36 heavy (non-hydrogen) atoms. The van der Waals surface area contributed by atoms with Gasteiger partial charge in [0.05, 0.1) is 5.71 Å². The Bertz CT molecular complexity index is 1000. The van der Waals surface area contributed by atoms with Crippen LogP contribution in [0.15, 0.2) is 53.7 Å². The van der Waals surface area contributed by atoms with Gasteiger partial charge in [-0.25, -0.2) is 0 Å². The molecule has 1 heterocycles. The number of aryl methyl sites for hydroxylation is 1. The molecule has 0 spiro atoms. The Morgan fingerprint density at radius 1 is 1.11 bits per heavy atom. The van der Waals surface area contributed by atoms with Crippen LogP contribution in [0.3, 0.4) is 0 Å². The van der Waals surface area contributed by atoms with Crippen LogP contribution in [0.1, 0.15) is 95.8 Å². The molecule has 1 aromatic rings. The minimum absolute atomic E-state index is 0.154. The quantitative estimate of drug-likeness (QED) is 0.251. The van der Waals surface area contributed by atoms with Crippen LogP contribution >= 0.6 is 0 Å². The highest BCUT2D eigenvalue weighted by Gasteiger charge is 2.37. The second kappa shape index (κ2) is 12.2. The Morgan fingerprint density at radius 2 is 1.78 bits per heavy atom. The van der Waals surface area contributed by atoms with E-state index in [1.807, 2.05) is 13.2 Å². The van der Waals surface area contributed by atoms with Crippen molar-refractivity contribution in [3.8, 4) is 0 Å². The number of hydrogen-bond donors (Lipinski definition) is 3. The molecular weight excluding hydrogens is 440 g/mol. The maximum absolute atomic E-state index is 7.95. The Kier molecular flexibility index (Phi) is 9.52. The summed E-state index contributed by atoms with van der Waals surface area (Å²) in [5.74, 6) is 0.630. The van der Waals surface area contributed by atoms with E-state index in [2.05, 4.69) is 87.2 Å². The van der Waals surface area contributed by atoms with Crippen molar-refractivity contribution in [2.24, 2.45) is 10.9 Å². The van der Waals surface area contributed by atoms with E-state index in [-0.39, 0.29) is 11.1 Å². The molecule has 196 valence electrons. The Labute approximate surface area is 220 Å². The molecule has 1 saturated heterocycles. The summed E-state index contributed by atoms with van der Waals surface area (Å²) >= 11 is 0. The molecule has 0 amide bonds. The molecular formula is C32H48N4. The molecule has 0 aromatic heterocycles. The van der Waals surface area contributed by atoms with Crippen molar-refractivity contribution in [1.29, 1.82) is 5.41 Å². The first-order valence-electron chi connectivity index (χ1n) is 13.7. The number of hydrogen-bond acceptors (Lipinski definition) is 4. The van der Waals surface area contributed by atoms with Gasteiger partial charge in [-0.3, -0.25) is 4.99 Å². The molecule has 0 unspecified atom stereocenters. The van der Waals surface area contributed by atoms with Gasteiger partial charge in [0, 0.05) is 47.7 Å². The van der Waals surface area contributed by atoms with Gasteiger partial charge in [0.15, 0.2) is 0 Å². The van der Waals surface area contributed by atoms with Gasteiger partial charge in [0.1, 0.15) is 0 Å². The second-order valence-electron chi connectivity index (χ2n) is 12.2. The maximum atomic E-state index is 7.95. The van der Waals surface area contributed by atoms with E-state index >= 15 is 0 Å². The summed E-state index contributed by atoms with van der Waals surface area (Å²) in [5.41, 5.74) is 6.70. The van der Waals surface area contributed by atoms with Gasteiger partial charge in [0.2, 0.25) is 0 Å². The minimum atomic E-state index is 0.154. The molecule has 3 N–H and O–H groups in total. The van der Waals surface area contributed by atoms with E-state index < -0.39 is 0 Å². The van der Waals surface area contributed by atoms with Crippen LogP contribution in [0.4, 0.5) is 0 Å². The van der Waals surface area contributed by atoms with Gasteiger partial charge in [-0.2, -0.15) is 0 Å². The molecule has 1 aliphatic heterocycles. The van der Waals surface area contributed by atoms with Gasteiger partial charge in [0.25, 0.3) is 0 Å². The van der Waals surface area contributed by atoms with Crippen LogP contribution in [0, 0.1) is 18.3 Å². The predicted octanol–water partition coefficient (Wildman–Crippen LogP) is 7.39. The van der Waals surface area contributed by atoms with Gasteiger partial charge >= 0.3 is 0 Å². The number of nitrogens with zero attached hydrogens (tertiary/aromatic N) is 1. The van der Waals surface area contributed by atoms with Crippen LogP contribution in [0.25, 0.3) is 5.57 Å². The Hall–Kier alpha value is -2.46. The molecule has 2 aliphatic rings. The van der Waals surface area contributed by atoms with Crippen molar-refractivity contribution in [3.05, 3.63) is 65.4 Å². The molecule has 4 heteroatoms. The SMILES string of the molecule is C=C(/C=C\C(=N/C)c1ccc(/C(C=N)=C/NC2CCCCC2)cc1C)CC1CC(C)(C)NC(C)(C)C1. The van der Waals surface area contributed by atoms with E-state index in [0.717, 1.165) is 52.8 Å². The Balaban J connectivity index is 1.67. The summed E-state index contributed by atoms with van der Waals surface area (Å²) in [6.07, 6.45) is 17.5. The zero-order valence-electron chi connectivity index (χ0n) is 23.5. The Morgan fingerprint density at radius 3 is 2.36 bits per heavy atom. The maximum Gasteiger partial charge on any atom is 0.0645 e. The third-order valence-electron chi connectivity index (χ3n) is 7.61. The first-order valence-corrected chi connectivity index (χ1v) is 13.7. The van der Waals surface area contributed by atoms with Crippen LogP contribution < -0.4 is 10.6 Å². The predicted molar refractivity (Wildman–Crippen MR) is 157 cm³/mol. The second-order valence-corrected chi connectivity index (χ2v) is 12.2. The van der Waals surface area contributed by atoms with Crippen molar-refractivity contribution < 1.29 is 0 Å².